The first-order chi connectivity index (χ1) is 9.75. The van der Waals surface area contributed by atoms with E-state index in [9.17, 15) is 4.79 Å². The van der Waals surface area contributed by atoms with Crippen molar-refractivity contribution in [1.82, 2.24) is 10.2 Å². The van der Waals surface area contributed by atoms with Gasteiger partial charge in [-0.2, -0.15) is 0 Å². The van der Waals surface area contributed by atoms with Crippen molar-refractivity contribution < 1.29 is 9.21 Å². The highest BCUT2D eigenvalue weighted by atomic mass is 16.4. The number of aromatic nitrogens is 2. The topological polar surface area (TPSA) is 82.0 Å². The van der Waals surface area contributed by atoms with Gasteiger partial charge in [-0.05, 0) is 6.07 Å². The van der Waals surface area contributed by atoms with Crippen LogP contribution < -0.4 is 5.73 Å². The van der Waals surface area contributed by atoms with Crippen LogP contribution in [-0.2, 0) is 0 Å². The lowest BCUT2D eigenvalue weighted by molar-refractivity contribution is 0.103. The van der Waals surface area contributed by atoms with Crippen LogP contribution in [0.4, 0.5) is 6.01 Å². The third-order valence-electron chi connectivity index (χ3n) is 2.88. The van der Waals surface area contributed by atoms with E-state index in [2.05, 4.69) is 10.2 Å². The highest BCUT2D eigenvalue weighted by Crippen LogP contribution is 2.25. The fraction of sp³-hybridized carbons (Fsp3) is 0. The van der Waals surface area contributed by atoms with Crippen molar-refractivity contribution >= 4 is 11.8 Å². The molecule has 5 nitrogen and oxygen atoms in total. The maximum Gasteiger partial charge on any atom is 0.313 e. The molecule has 2 aromatic carbocycles. The van der Waals surface area contributed by atoms with Crippen molar-refractivity contribution in [2.75, 3.05) is 5.73 Å². The Kier molecular flexibility index (Phi) is 3.01. The van der Waals surface area contributed by atoms with Crippen molar-refractivity contribution in [3.63, 3.8) is 0 Å². The predicted octanol–water partition coefficient (Wildman–Crippen LogP) is 2.55. The molecule has 0 atom stereocenters. The first-order valence-corrected chi connectivity index (χ1v) is 6.04. The van der Waals surface area contributed by atoms with Crippen LogP contribution in [0.25, 0.3) is 11.5 Å². The number of nitrogen functional groups attached to an aromatic ring is 1. The van der Waals surface area contributed by atoms with E-state index in [1.54, 1.807) is 36.4 Å². The van der Waals surface area contributed by atoms with Crippen LogP contribution in [0.2, 0.25) is 0 Å². The molecule has 0 unspecified atom stereocenters. The van der Waals surface area contributed by atoms with Crippen LogP contribution >= 0.6 is 0 Å². The fourth-order valence-electron chi connectivity index (χ4n) is 1.96. The number of anilines is 1. The Hall–Kier alpha value is -2.95. The van der Waals surface area contributed by atoms with Crippen LogP contribution in [0.1, 0.15) is 15.9 Å². The van der Waals surface area contributed by atoms with Gasteiger partial charge in [-0.15, -0.1) is 5.10 Å². The molecule has 3 aromatic rings. The summed E-state index contributed by atoms with van der Waals surface area (Å²) in [5, 5.41) is 7.44. The summed E-state index contributed by atoms with van der Waals surface area (Å²) < 4.78 is 5.20. The van der Waals surface area contributed by atoms with Gasteiger partial charge in [0.05, 0.1) is 5.56 Å². The minimum absolute atomic E-state index is 0.0260. The van der Waals surface area contributed by atoms with E-state index in [-0.39, 0.29) is 17.7 Å². The van der Waals surface area contributed by atoms with Crippen LogP contribution in [0.3, 0.4) is 0 Å². The van der Waals surface area contributed by atoms with E-state index in [1.165, 1.54) is 0 Å². The lowest BCUT2D eigenvalue weighted by atomic mass is 9.98. The van der Waals surface area contributed by atoms with E-state index in [0.29, 0.717) is 16.7 Å². The number of carbonyl (C=O) groups excluding carboxylic acids is 1. The zero-order valence-corrected chi connectivity index (χ0v) is 10.5. The van der Waals surface area contributed by atoms with Crippen LogP contribution in [0.15, 0.2) is 59.0 Å². The molecule has 1 heterocycles. The number of rotatable bonds is 3. The molecular weight excluding hydrogens is 254 g/mol. The van der Waals surface area contributed by atoms with Crippen LogP contribution in [0, 0.1) is 0 Å². The van der Waals surface area contributed by atoms with Gasteiger partial charge in [0, 0.05) is 11.1 Å². The third kappa shape index (κ3) is 2.16. The maximum atomic E-state index is 12.5. The molecule has 1 aromatic heterocycles. The molecule has 0 saturated carbocycles. The molecule has 5 heteroatoms. The molecule has 0 aliphatic carbocycles. The zero-order chi connectivity index (χ0) is 13.9. The van der Waals surface area contributed by atoms with Crippen LogP contribution in [-0.4, -0.2) is 16.0 Å². The van der Waals surface area contributed by atoms with E-state index in [4.69, 9.17) is 10.2 Å². The normalized spacial score (nSPS) is 10.4. The minimum Gasteiger partial charge on any atom is -0.404 e. The smallest absolute Gasteiger partial charge is 0.313 e. The summed E-state index contributed by atoms with van der Waals surface area (Å²) >= 11 is 0. The van der Waals surface area contributed by atoms with Gasteiger partial charge in [-0.1, -0.05) is 53.6 Å². The Labute approximate surface area is 115 Å². The van der Waals surface area contributed by atoms with Gasteiger partial charge in [0.2, 0.25) is 5.89 Å². The van der Waals surface area contributed by atoms with Gasteiger partial charge in [0.1, 0.15) is 0 Å². The highest BCUT2D eigenvalue weighted by molar-refractivity contribution is 6.12. The van der Waals surface area contributed by atoms with E-state index in [0.717, 1.165) is 0 Å². The number of nitrogens with two attached hydrogens (primary N) is 1. The summed E-state index contributed by atoms with van der Waals surface area (Å²) in [6, 6.07) is 16.1. The fourth-order valence-corrected chi connectivity index (χ4v) is 1.96. The summed E-state index contributed by atoms with van der Waals surface area (Å²) in [7, 11) is 0. The Morgan fingerprint density at radius 3 is 2.35 bits per heavy atom. The first-order valence-electron chi connectivity index (χ1n) is 6.04. The largest absolute Gasteiger partial charge is 0.404 e. The molecule has 0 bridgehead atoms. The van der Waals surface area contributed by atoms with Crippen molar-refractivity contribution in [3.8, 4) is 11.5 Å². The van der Waals surface area contributed by atoms with Gasteiger partial charge >= 0.3 is 6.01 Å². The van der Waals surface area contributed by atoms with E-state index >= 15 is 0 Å². The molecule has 20 heavy (non-hydrogen) atoms. The van der Waals surface area contributed by atoms with Crippen molar-refractivity contribution in [2.24, 2.45) is 0 Å². The van der Waals surface area contributed by atoms with Gasteiger partial charge in [0.25, 0.3) is 0 Å². The molecule has 3 rings (SSSR count). The number of hydrogen-bond acceptors (Lipinski definition) is 5. The Morgan fingerprint density at radius 2 is 1.65 bits per heavy atom. The lowest BCUT2D eigenvalue weighted by Crippen LogP contribution is -2.03. The molecular formula is C15H11N3O2. The number of nitrogens with zero attached hydrogens (tertiary/aromatic N) is 2. The SMILES string of the molecule is Nc1nnc(-c2ccccc2C(=O)c2ccccc2)o1. The number of ketones is 1. The Bertz CT molecular complexity index is 751. The second-order valence-corrected chi connectivity index (χ2v) is 4.19. The standard InChI is InChI=1S/C15H11N3O2/c16-15-18-17-14(20-15)12-9-5-4-8-11(12)13(19)10-6-2-1-3-7-10/h1-9H,(H2,16,18). The van der Waals surface area contributed by atoms with Gasteiger partial charge in [-0.25, -0.2) is 0 Å². The average Bonchev–Trinajstić information content (AvgIpc) is 2.94. The maximum absolute atomic E-state index is 12.5. The molecule has 0 spiro atoms. The zero-order valence-electron chi connectivity index (χ0n) is 10.5. The van der Waals surface area contributed by atoms with Crippen molar-refractivity contribution in [3.05, 3.63) is 65.7 Å². The van der Waals surface area contributed by atoms with Crippen molar-refractivity contribution in [1.29, 1.82) is 0 Å². The first kappa shape index (κ1) is 12.1. The van der Waals surface area contributed by atoms with Gasteiger partial charge in [-0.3, -0.25) is 4.79 Å². The molecule has 0 aliphatic rings. The van der Waals surface area contributed by atoms with Crippen molar-refractivity contribution in [2.45, 2.75) is 0 Å². The molecule has 0 amide bonds. The molecule has 0 saturated heterocycles. The second kappa shape index (κ2) is 4.97. The monoisotopic (exact) mass is 265 g/mol. The highest BCUT2D eigenvalue weighted by Gasteiger charge is 2.17. The molecule has 98 valence electrons. The van der Waals surface area contributed by atoms with E-state index < -0.39 is 0 Å². The number of benzene rings is 2. The minimum atomic E-state index is -0.0991. The molecule has 2 N–H and O–H groups in total. The predicted molar refractivity (Wildman–Crippen MR) is 74.0 cm³/mol. The summed E-state index contributed by atoms with van der Waals surface area (Å²) in [5.74, 6) is 0.139. The van der Waals surface area contributed by atoms with E-state index in [1.807, 2.05) is 18.2 Å². The summed E-state index contributed by atoms with van der Waals surface area (Å²) in [6.45, 7) is 0. The number of carbonyl (C=O) groups is 1. The summed E-state index contributed by atoms with van der Waals surface area (Å²) in [5.41, 5.74) is 7.11. The third-order valence-corrected chi connectivity index (χ3v) is 2.88. The molecule has 0 fully saturated rings. The Balaban J connectivity index is 2.09. The molecule has 0 aliphatic heterocycles. The summed E-state index contributed by atoms with van der Waals surface area (Å²) in [6.07, 6.45) is 0. The van der Waals surface area contributed by atoms with Gasteiger partial charge in [0.15, 0.2) is 5.78 Å². The van der Waals surface area contributed by atoms with Crippen LogP contribution in [0.5, 0.6) is 0 Å². The van der Waals surface area contributed by atoms with Gasteiger partial charge < -0.3 is 10.2 Å². The second-order valence-electron chi connectivity index (χ2n) is 4.19. The molecule has 0 radical (unpaired) electrons. The summed E-state index contributed by atoms with van der Waals surface area (Å²) in [4.78, 5) is 12.5. The number of hydrogen-bond donors (Lipinski definition) is 1. The lowest BCUT2D eigenvalue weighted by Gasteiger charge is -2.05. The quantitative estimate of drug-likeness (QED) is 0.736. The Morgan fingerprint density at radius 1 is 0.950 bits per heavy atom. The average molecular weight is 265 g/mol.